The normalized spacial score (nSPS) is 11.8. The van der Waals surface area contributed by atoms with Crippen LogP contribution >= 0.6 is 0 Å². The Morgan fingerprint density at radius 3 is 2.33 bits per heavy atom. The second-order valence-corrected chi connectivity index (χ2v) is 8.33. The van der Waals surface area contributed by atoms with Crippen LogP contribution in [0.4, 0.5) is 5.69 Å². The minimum absolute atomic E-state index is 0.220. The zero-order chi connectivity index (χ0) is 19.7. The topological polar surface area (TPSA) is 63.2 Å². The number of anilines is 1. The van der Waals surface area contributed by atoms with Crippen molar-refractivity contribution in [1.29, 1.82) is 0 Å². The first-order valence-corrected chi connectivity index (χ1v) is 10.5. The van der Waals surface area contributed by atoms with Gasteiger partial charge in [0, 0.05) is 11.3 Å². The Morgan fingerprint density at radius 1 is 1.04 bits per heavy atom. The molecule has 0 fully saturated rings. The number of hydrogen-bond donors (Lipinski definition) is 1. The molecule has 0 aliphatic heterocycles. The van der Waals surface area contributed by atoms with Crippen molar-refractivity contribution >= 4 is 21.4 Å². The number of benzene rings is 2. The van der Waals surface area contributed by atoms with E-state index >= 15 is 0 Å². The molecule has 0 aliphatic rings. The van der Waals surface area contributed by atoms with E-state index in [2.05, 4.69) is 11.9 Å². The van der Waals surface area contributed by atoms with Gasteiger partial charge in [-0.15, -0.1) is 6.58 Å². The number of hydrogen-bond acceptors (Lipinski definition) is 3. The van der Waals surface area contributed by atoms with Gasteiger partial charge in [-0.1, -0.05) is 48.0 Å². The molecule has 27 heavy (non-hydrogen) atoms. The molecule has 142 valence electrons. The standard InChI is InChI=1S/C22H25NO3S/c1-3-4-5-7-10-19(22(24)23-20-11-8-6-9-12-20)17-27(25,26)21-15-13-18(2)14-16-21/h3,6,8-16H,1,4-5,7,17H2,2H3,(H,23,24)/b19-10-. The summed E-state index contributed by atoms with van der Waals surface area (Å²) in [6.07, 6.45) is 5.77. The van der Waals surface area contributed by atoms with Crippen molar-refractivity contribution in [2.45, 2.75) is 31.1 Å². The highest BCUT2D eigenvalue weighted by Gasteiger charge is 2.21. The number of unbranched alkanes of at least 4 members (excludes halogenated alkanes) is 2. The van der Waals surface area contributed by atoms with Gasteiger partial charge in [-0.05, 0) is 50.5 Å². The van der Waals surface area contributed by atoms with Crippen LogP contribution in [-0.2, 0) is 14.6 Å². The second kappa shape index (κ2) is 9.88. The maximum atomic E-state index is 12.8. The monoisotopic (exact) mass is 383 g/mol. The van der Waals surface area contributed by atoms with Crippen LogP contribution in [0.5, 0.6) is 0 Å². The number of carbonyl (C=O) groups excluding carboxylic acids is 1. The van der Waals surface area contributed by atoms with Crippen molar-refractivity contribution in [2.24, 2.45) is 0 Å². The lowest BCUT2D eigenvalue weighted by atomic mass is 10.1. The van der Waals surface area contributed by atoms with Gasteiger partial charge in [-0.3, -0.25) is 4.79 Å². The Labute approximate surface area is 161 Å². The first-order valence-electron chi connectivity index (χ1n) is 8.88. The van der Waals surface area contributed by atoms with E-state index < -0.39 is 15.7 Å². The van der Waals surface area contributed by atoms with Gasteiger partial charge >= 0.3 is 0 Å². The average molecular weight is 384 g/mol. The van der Waals surface area contributed by atoms with Gasteiger partial charge in [0.05, 0.1) is 10.6 Å². The third-order valence-electron chi connectivity index (χ3n) is 4.05. The molecule has 0 saturated carbocycles. The lowest BCUT2D eigenvalue weighted by Crippen LogP contribution is -2.21. The zero-order valence-corrected chi connectivity index (χ0v) is 16.3. The Kier molecular flexibility index (Phi) is 7.55. The predicted molar refractivity (Wildman–Crippen MR) is 110 cm³/mol. The number of rotatable bonds is 9. The molecule has 0 heterocycles. The number of amides is 1. The number of aryl methyl sites for hydroxylation is 1. The molecule has 2 aromatic rings. The fourth-order valence-electron chi connectivity index (χ4n) is 2.52. The summed E-state index contributed by atoms with van der Waals surface area (Å²) in [7, 11) is -3.61. The minimum atomic E-state index is -3.61. The highest BCUT2D eigenvalue weighted by molar-refractivity contribution is 7.91. The maximum Gasteiger partial charge on any atom is 0.252 e. The highest BCUT2D eigenvalue weighted by Crippen LogP contribution is 2.17. The summed E-state index contributed by atoms with van der Waals surface area (Å²) in [6.45, 7) is 5.58. The largest absolute Gasteiger partial charge is 0.322 e. The van der Waals surface area contributed by atoms with Crippen molar-refractivity contribution in [3.05, 3.63) is 84.5 Å². The minimum Gasteiger partial charge on any atom is -0.322 e. The molecule has 1 amide bonds. The van der Waals surface area contributed by atoms with Gasteiger partial charge in [0.2, 0.25) is 0 Å². The van der Waals surface area contributed by atoms with Gasteiger partial charge in [0.15, 0.2) is 9.84 Å². The van der Waals surface area contributed by atoms with Gasteiger partial charge in [0.25, 0.3) is 5.91 Å². The van der Waals surface area contributed by atoms with Crippen LogP contribution in [0.2, 0.25) is 0 Å². The number of allylic oxidation sites excluding steroid dienone is 2. The third-order valence-corrected chi connectivity index (χ3v) is 5.73. The van der Waals surface area contributed by atoms with Crippen LogP contribution in [0.3, 0.4) is 0 Å². The van der Waals surface area contributed by atoms with Crippen molar-refractivity contribution < 1.29 is 13.2 Å². The summed E-state index contributed by atoms with van der Waals surface area (Å²) in [6, 6.07) is 15.7. The van der Waals surface area contributed by atoms with Crippen molar-refractivity contribution in [3.63, 3.8) is 0 Å². The summed E-state index contributed by atoms with van der Waals surface area (Å²) < 4.78 is 25.5. The van der Waals surface area contributed by atoms with Gasteiger partial charge in [0.1, 0.15) is 0 Å². The van der Waals surface area contributed by atoms with E-state index in [4.69, 9.17) is 0 Å². The lowest BCUT2D eigenvalue weighted by molar-refractivity contribution is -0.112. The van der Waals surface area contributed by atoms with Crippen LogP contribution in [0, 0.1) is 6.92 Å². The summed E-state index contributed by atoms with van der Waals surface area (Å²) in [5.74, 6) is -0.724. The molecular weight excluding hydrogens is 358 g/mol. The summed E-state index contributed by atoms with van der Waals surface area (Å²) >= 11 is 0. The molecule has 0 saturated heterocycles. The molecule has 2 rings (SSSR count). The van der Waals surface area contributed by atoms with Gasteiger partial charge in [-0.25, -0.2) is 8.42 Å². The molecular formula is C22H25NO3S. The van der Waals surface area contributed by atoms with Crippen molar-refractivity contribution in [2.75, 3.05) is 11.1 Å². The Hall–Kier alpha value is -2.66. The molecule has 1 N–H and O–H groups in total. The van der Waals surface area contributed by atoms with Crippen LogP contribution in [0.25, 0.3) is 0 Å². The Bertz CT molecular complexity index is 898. The summed E-state index contributed by atoms with van der Waals surface area (Å²) in [5.41, 5.74) is 1.87. The Balaban J connectivity index is 2.21. The third kappa shape index (κ3) is 6.53. The zero-order valence-electron chi connectivity index (χ0n) is 15.5. The van der Waals surface area contributed by atoms with E-state index in [1.165, 1.54) is 0 Å². The number of nitrogens with one attached hydrogen (secondary N) is 1. The number of carbonyl (C=O) groups is 1. The van der Waals surface area contributed by atoms with E-state index in [1.807, 2.05) is 25.1 Å². The SMILES string of the molecule is C=CCCC/C=C(/CS(=O)(=O)c1ccc(C)cc1)C(=O)Nc1ccccc1. The van der Waals surface area contributed by atoms with E-state index in [9.17, 15) is 13.2 Å². The highest BCUT2D eigenvalue weighted by atomic mass is 32.2. The van der Waals surface area contributed by atoms with E-state index in [0.29, 0.717) is 12.1 Å². The van der Waals surface area contributed by atoms with Crippen LogP contribution < -0.4 is 5.32 Å². The molecule has 4 nitrogen and oxygen atoms in total. The molecule has 0 radical (unpaired) electrons. The lowest BCUT2D eigenvalue weighted by Gasteiger charge is -2.11. The number of sulfone groups is 1. The molecule has 0 atom stereocenters. The first kappa shape index (κ1) is 20.6. The second-order valence-electron chi connectivity index (χ2n) is 6.34. The van der Waals surface area contributed by atoms with E-state index in [-0.39, 0.29) is 16.2 Å². The van der Waals surface area contributed by atoms with Crippen molar-refractivity contribution in [3.8, 4) is 0 Å². The molecule has 0 aromatic heterocycles. The fourth-order valence-corrected chi connectivity index (χ4v) is 3.90. The molecule has 0 spiro atoms. The van der Waals surface area contributed by atoms with E-state index in [0.717, 1.165) is 18.4 Å². The molecule has 0 bridgehead atoms. The smallest absolute Gasteiger partial charge is 0.252 e. The fraction of sp³-hybridized carbons (Fsp3) is 0.227. The molecule has 0 unspecified atom stereocenters. The molecule has 0 aliphatic carbocycles. The summed E-state index contributed by atoms with van der Waals surface area (Å²) in [5, 5.41) is 2.77. The van der Waals surface area contributed by atoms with Gasteiger partial charge in [-0.2, -0.15) is 0 Å². The summed E-state index contributed by atoms with van der Waals surface area (Å²) in [4.78, 5) is 12.9. The number of para-hydroxylation sites is 1. The molecule has 2 aromatic carbocycles. The van der Waals surface area contributed by atoms with E-state index in [1.54, 1.807) is 48.6 Å². The van der Waals surface area contributed by atoms with Gasteiger partial charge < -0.3 is 5.32 Å². The molecule has 5 heteroatoms. The Morgan fingerprint density at radius 2 is 1.70 bits per heavy atom. The maximum absolute atomic E-state index is 12.8. The van der Waals surface area contributed by atoms with Crippen LogP contribution in [0.1, 0.15) is 24.8 Å². The van der Waals surface area contributed by atoms with Crippen LogP contribution in [0.15, 0.2) is 83.8 Å². The predicted octanol–water partition coefficient (Wildman–Crippen LogP) is 4.69. The quantitative estimate of drug-likeness (QED) is 0.388. The average Bonchev–Trinajstić information content (AvgIpc) is 2.65. The first-order chi connectivity index (χ1) is 12.9. The van der Waals surface area contributed by atoms with Crippen molar-refractivity contribution in [1.82, 2.24) is 0 Å². The van der Waals surface area contributed by atoms with Crippen LogP contribution in [-0.4, -0.2) is 20.1 Å².